The Morgan fingerprint density at radius 3 is 2.44 bits per heavy atom. The number of hydrogen-bond acceptors (Lipinski definition) is 2. The highest BCUT2D eigenvalue weighted by molar-refractivity contribution is 6.17. The third-order valence-electron chi connectivity index (χ3n) is 2.56. The lowest BCUT2D eigenvalue weighted by molar-refractivity contribution is 0.708. The molecule has 16 heavy (non-hydrogen) atoms. The van der Waals surface area contributed by atoms with Crippen LogP contribution in [0, 0.1) is 11.3 Å². The summed E-state index contributed by atoms with van der Waals surface area (Å²) in [7, 11) is 2.07. The van der Waals surface area contributed by atoms with Gasteiger partial charge in [-0.15, -0.1) is 11.6 Å². The van der Waals surface area contributed by atoms with Crippen LogP contribution in [0.2, 0.25) is 0 Å². The van der Waals surface area contributed by atoms with E-state index in [1.807, 2.05) is 24.3 Å². The van der Waals surface area contributed by atoms with Crippen LogP contribution in [-0.4, -0.2) is 19.5 Å². The molecule has 0 N–H and O–H groups in total. The first-order valence-electron chi connectivity index (χ1n) is 5.55. The normalized spacial score (nSPS) is 9.81. The largest absolute Gasteiger partial charge is 0.375 e. The molecule has 0 heterocycles. The van der Waals surface area contributed by atoms with E-state index in [4.69, 9.17) is 16.9 Å². The Kier molecular flexibility index (Phi) is 5.74. The Balaban J connectivity index is 2.40. The second-order valence-electron chi connectivity index (χ2n) is 3.83. The van der Waals surface area contributed by atoms with Gasteiger partial charge in [-0.05, 0) is 37.1 Å². The van der Waals surface area contributed by atoms with Crippen LogP contribution in [0.5, 0.6) is 0 Å². The zero-order valence-corrected chi connectivity index (χ0v) is 10.4. The second-order valence-corrected chi connectivity index (χ2v) is 4.21. The standard InChI is InChI=1S/C13H17ClN2/c1-16(10-4-2-3-9-14)13-7-5-12(11-15)6-8-13/h5-8H,2-4,9-10H2,1H3. The van der Waals surface area contributed by atoms with Crippen molar-refractivity contribution in [1.29, 1.82) is 5.26 Å². The van der Waals surface area contributed by atoms with Crippen LogP contribution in [0.15, 0.2) is 24.3 Å². The van der Waals surface area contributed by atoms with Crippen molar-refractivity contribution in [2.45, 2.75) is 19.3 Å². The van der Waals surface area contributed by atoms with Gasteiger partial charge in [-0.25, -0.2) is 0 Å². The lowest BCUT2D eigenvalue weighted by Gasteiger charge is -2.19. The molecule has 0 unspecified atom stereocenters. The van der Waals surface area contributed by atoms with Gasteiger partial charge in [-0.1, -0.05) is 6.42 Å². The minimum absolute atomic E-state index is 0.708. The van der Waals surface area contributed by atoms with Gasteiger partial charge in [-0.3, -0.25) is 0 Å². The number of alkyl halides is 1. The van der Waals surface area contributed by atoms with Crippen LogP contribution >= 0.6 is 11.6 Å². The van der Waals surface area contributed by atoms with Gasteiger partial charge in [0.15, 0.2) is 0 Å². The molecule has 0 atom stereocenters. The summed E-state index contributed by atoms with van der Waals surface area (Å²) in [5.74, 6) is 0.751. The molecular formula is C13H17ClN2. The maximum absolute atomic E-state index is 8.69. The molecule has 0 aliphatic heterocycles. The SMILES string of the molecule is CN(CCCCCCl)c1ccc(C#N)cc1. The highest BCUT2D eigenvalue weighted by atomic mass is 35.5. The molecule has 1 aromatic carbocycles. The third-order valence-corrected chi connectivity index (χ3v) is 2.83. The number of hydrogen-bond donors (Lipinski definition) is 0. The van der Waals surface area contributed by atoms with Crippen molar-refractivity contribution in [2.24, 2.45) is 0 Å². The van der Waals surface area contributed by atoms with Gasteiger partial charge in [0.2, 0.25) is 0 Å². The number of unbranched alkanes of at least 4 members (excludes halogenated alkanes) is 2. The lowest BCUT2D eigenvalue weighted by Crippen LogP contribution is -2.18. The van der Waals surface area contributed by atoms with E-state index in [1.54, 1.807) is 0 Å². The van der Waals surface area contributed by atoms with E-state index in [-0.39, 0.29) is 0 Å². The van der Waals surface area contributed by atoms with Gasteiger partial charge in [0.1, 0.15) is 0 Å². The van der Waals surface area contributed by atoms with Crippen LogP contribution in [0.1, 0.15) is 24.8 Å². The average Bonchev–Trinajstić information content (AvgIpc) is 2.34. The summed E-state index contributed by atoms with van der Waals surface area (Å²) in [4.78, 5) is 2.20. The first-order valence-corrected chi connectivity index (χ1v) is 6.08. The van der Waals surface area contributed by atoms with E-state index < -0.39 is 0 Å². The minimum atomic E-state index is 0.708. The van der Waals surface area contributed by atoms with E-state index in [0.29, 0.717) is 5.56 Å². The number of nitrogens with zero attached hydrogens (tertiary/aromatic N) is 2. The molecule has 0 saturated heterocycles. The summed E-state index contributed by atoms with van der Waals surface area (Å²) in [6.07, 6.45) is 3.41. The van der Waals surface area contributed by atoms with Crippen molar-refractivity contribution in [1.82, 2.24) is 0 Å². The number of nitriles is 1. The molecular weight excluding hydrogens is 220 g/mol. The fourth-order valence-electron chi connectivity index (χ4n) is 1.54. The summed E-state index contributed by atoms with van der Waals surface area (Å²) >= 11 is 5.62. The van der Waals surface area contributed by atoms with Crippen molar-refractivity contribution in [3.05, 3.63) is 29.8 Å². The predicted molar refractivity (Wildman–Crippen MR) is 69.0 cm³/mol. The molecule has 0 fully saturated rings. The Bertz CT molecular complexity index is 340. The van der Waals surface area contributed by atoms with Gasteiger partial charge in [0.05, 0.1) is 11.6 Å². The maximum atomic E-state index is 8.69. The highest BCUT2D eigenvalue weighted by Crippen LogP contribution is 2.14. The monoisotopic (exact) mass is 236 g/mol. The van der Waals surface area contributed by atoms with Crippen LogP contribution in [0.3, 0.4) is 0 Å². The van der Waals surface area contributed by atoms with Crippen LogP contribution in [0.25, 0.3) is 0 Å². The van der Waals surface area contributed by atoms with Crippen LogP contribution in [-0.2, 0) is 0 Å². The van der Waals surface area contributed by atoms with E-state index in [1.165, 1.54) is 6.42 Å². The Labute approximate surface area is 102 Å². The molecule has 0 aliphatic carbocycles. The van der Waals surface area contributed by atoms with Gasteiger partial charge in [0, 0.05) is 25.2 Å². The van der Waals surface area contributed by atoms with E-state index in [9.17, 15) is 0 Å². The van der Waals surface area contributed by atoms with Crippen LogP contribution in [0.4, 0.5) is 5.69 Å². The Hall–Kier alpha value is -1.20. The molecule has 0 aliphatic rings. The Morgan fingerprint density at radius 2 is 1.88 bits per heavy atom. The summed E-state index contributed by atoms with van der Waals surface area (Å²) in [6.45, 7) is 1.03. The fourth-order valence-corrected chi connectivity index (χ4v) is 1.73. The predicted octanol–water partition coefficient (Wildman–Crippen LogP) is 3.40. The molecule has 86 valence electrons. The fraction of sp³-hybridized carbons (Fsp3) is 0.462. The van der Waals surface area contributed by atoms with Crippen LogP contribution < -0.4 is 4.90 Å². The summed E-state index contributed by atoms with van der Waals surface area (Å²) in [6, 6.07) is 9.80. The quantitative estimate of drug-likeness (QED) is 0.559. The van der Waals surface area contributed by atoms with Gasteiger partial charge < -0.3 is 4.90 Å². The molecule has 0 aromatic heterocycles. The number of rotatable bonds is 6. The molecule has 0 amide bonds. The molecule has 0 radical (unpaired) electrons. The van der Waals surface area contributed by atoms with Crippen molar-refractivity contribution in [3.63, 3.8) is 0 Å². The van der Waals surface area contributed by atoms with Gasteiger partial charge >= 0.3 is 0 Å². The van der Waals surface area contributed by atoms with E-state index in [0.717, 1.165) is 31.0 Å². The zero-order valence-electron chi connectivity index (χ0n) is 9.62. The first kappa shape index (κ1) is 12.9. The third kappa shape index (κ3) is 4.12. The Morgan fingerprint density at radius 1 is 1.19 bits per heavy atom. The molecule has 1 rings (SSSR count). The maximum Gasteiger partial charge on any atom is 0.0991 e. The van der Waals surface area contributed by atoms with E-state index in [2.05, 4.69) is 18.0 Å². The van der Waals surface area contributed by atoms with Crippen molar-refractivity contribution in [3.8, 4) is 6.07 Å². The first-order chi connectivity index (χ1) is 7.77. The van der Waals surface area contributed by atoms with Crippen molar-refractivity contribution >= 4 is 17.3 Å². The smallest absolute Gasteiger partial charge is 0.0991 e. The number of anilines is 1. The van der Waals surface area contributed by atoms with Gasteiger partial charge in [-0.2, -0.15) is 5.26 Å². The van der Waals surface area contributed by atoms with Crippen molar-refractivity contribution in [2.75, 3.05) is 24.4 Å². The lowest BCUT2D eigenvalue weighted by atomic mass is 10.2. The summed E-state index contributed by atoms with van der Waals surface area (Å²) in [5.41, 5.74) is 1.86. The average molecular weight is 237 g/mol. The molecule has 3 heteroatoms. The molecule has 0 spiro atoms. The molecule has 0 saturated carbocycles. The zero-order chi connectivity index (χ0) is 11.8. The van der Waals surface area contributed by atoms with Crippen molar-refractivity contribution < 1.29 is 0 Å². The molecule has 1 aromatic rings. The minimum Gasteiger partial charge on any atom is -0.375 e. The molecule has 0 bridgehead atoms. The molecule has 2 nitrogen and oxygen atoms in total. The second kappa shape index (κ2) is 7.14. The topological polar surface area (TPSA) is 27.0 Å². The van der Waals surface area contributed by atoms with Gasteiger partial charge in [0.25, 0.3) is 0 Å². The summed E-state index contributed by atoms with van der Waals surface area (Å²) in [5, 5.41) is 8.69. The summed E-state index contributed by atoms with van der Waals surface area (Å²) < 4.78 is 0. The highest BCUT2D eigenvalue weighted by Gasteiger charge is 2.00. The number of halogens is 1. The van der Waals surface area contributed by atoms with E-state index >= 15 is 0 Å². The number of benzene rings is 1.